The van der Waals surface area contributed by atoms with Gasteiger partial charge in [-0.15, -0.1) is 0 Å². The minimum absolute atomic E-state index is 0.674. The van der Waals surface area contributed by atoms with E-state index < -0.39 is 0 Å². The quantitative estimate of drug-likeness (QED) is 0.876. The summed E-state index contributed by atoms with van der Waals surface area (Å²) >= 11 is 1.60. The summed E-state index contributed by atoms with van der Waals surface area (Å²) in [4.78, 5) is 7.20. The molecule has 1 aliphatic carbocycles. The molecule has 1 unspecified atom stereocenters. The maximum atomic E-state index is 4.75. The lowest BCUT2D eigenvalue weighted by molar-refractivity contribution is 0.382. The largest absolute Gasteiger partial charge is 0.347 e. The standard InChI is InChI=1S/C15H26N4S/c1-11(2)8-16-9-12-4-3-7-19(10-12)15-17-14(18-20-15)13-5-6-13/h11-13,16H,3-10H2,1-2H3. The number of nitrogens with zero attached hydrogens (tertiary/aromatic N) is 3. The van der Waals surface area contributed by atoms with Crippen LogP contribution in [0.3, 0.4) is 0 Å². The number of rotatable bonds is 6. The fourth-order valence-electron chi connectivity index (χ4n) is 2.84. The van der Waals surface area contributed by atoms with Crippen molar-refractivity contribution in [3.63, 3.8) is 0 Å². The van der Waals surface area contributed by atoms with E-state index in [1.165, 1.54) is 25.7 Å². The Morgan fingerprint density at radius 3 is 2.95 bits per heavy atom. The molecule has 0 spiro atoms. The van der Waals surface area contributed by atoms with Crippen LogP contribution in [0.25, 0.3) is 0 Å². The van der Waals surface area contributed by atoms with Gasteiger partial charge >= 0.3 is 0 Å². The molecule has 20 heavy (non-hydrogen) atoms. The van der Waals surface area contributed by atoms with E-state index in [1.807, 2.05) is 0 Å². The van der Waals surface area contributed by atoms with Gasteiger partial charge in [-0.25, -0.2) is 4.98 Å². The molecule has 0 amide bonds. The van der Waals surface area contributed by atoms with Crippen molar-refractivity contribution < 1.29 is 0 Å². The predicted molar refractivity (Wildman–Crippen MR) is 84.5 cm³/mol. The molecule has 1 aromatic heterocycles. The smallest absolute Gasteiger partial charge is 0.205 e. The van der Waals surface area contributed by atoms with Gasteiger partial charge in [-0.2, -0.15) is 4.37 Å². The molecule has 3 rings (SSSR count). The second kappa shape index (κ2) is 6.39. The van der Waals surface area contributed by atoms with Gasteiger partial charge < -0.3 is 10.2 Å². The highest BCUT2D eigenvalue weighted by Gasteiger charge is 2.29. The molecule has 1 N–H and O–H groups in total. The van der Waals surface area contributed by atoms with Gasteiger partial charge in [0, 0.05) is 30.5 Å². The van der Waals surface area contributed by atoms with Gasteiger partial charge in [0.15, 0.2) is 0 Å². The molecule has 0 bridgehead atoms. The van der Waals surface area contributed by atoms with Gasteiger partial charge in [-0.05, 0) is 50.6 Å². The average molecular weight is 294 g/mol. The Labute approximate surface area is 126 Å². The Bertz CT molecular complexity index is 427. The van der Waals surface area contributed by atoms with Crippen LogP contribution in [0, 0.1) is 11.8 Å². The zero-order valence-corrected chi connectivity index (χ0v) is 13.5. The van der Waals surface area contributed by atoms with E-state index in [1.54, 1.807) is 11.5 Å². The monoisotopic (exact) mass is 294 g/mol. The molecule has 4 nitrogen and oxygen atoms in total. The molecule has 1 atom stereocenters. The van der Waals surface area contributed by atoms with Crippen LogP contribution in [-0.2, 0) is 0 Å². The summed E-state index contributed by atoms with van der Waals surface area (Å²) in [5.41, 5.74) is 0. The molecule has 112 valence electrons. The lowest BCUT2D eigenvalue weighted by atomic mass is 9.98. The maximum absolute atomic E-state index is 4.75. The average Bonchev–Trinajstić information content (AvgIpc) is 3.16. The molecule has 1 aliphatic heterocycles. The molecule has 2 aliphatic rings. The Morgan fingerprint density at radius 2 is 2.20 bits per heavy atom. The maximum Gasteiger partial charge on any atom is 0.205 e. The number of anilines is 1. The van der Waals surface area contributed by atoms with Crippen LogP contribution in [0.1, 0.15) is 51.3 Å². The summed E-state index contributed by atoms with van der Waals surface area (Å²) in [6.45, 7) is 9.09. The van der Waals surface area contributed by atoms with Crippen LogP contribution in [0.2, 0.25) is 0 Å². The molecule has 1 saturated carbocycles. The minimum atomic E-state index is 0.674. The third kappa shape index (κ3) is 3.70. The van der Waals surface area contributed by atoms with Crippen molar-refractivity contribution >= 4 is 16.7 Å². The van der Waals surface area contributed by atoms with E-state index >= 15 is 0 Å². The van der Waals surface area contributed by atoms with Crippen molar-refractivity contribution in [2.24, 2.45) is 11.8 Å². The van der Waals surface area contributed by atoms with E-state index in [0.717, 1.165) is 49.0 Å². The third-order valence-electron chi connectivity index (χ3n) is 4.15. The lowest BCUT2D eigenvalue weighted by Gasteiger charge is -2.32. The second-order valence-corrected chi connectivity index (χ2v) is 7.45. The number of nitrogens with one attached hydrogen (secondary N) is 1. The molecular weight excluding hydrogens is 268 g/mol. The Balaban J connectivity index is 1.51. The molecule has 0 aromatic carbocycles. The fourth-order valence-corrected chi connectivity index (χ4v) is 3.62. The number of piperidine rings is 1. The first kappa shape index (κ1) is 14.3. The first-order valence-corrected chi connectivity index (χ1v) is 8.79. The van der Waals surface area contributed by atoms with Crippen molar-refractivity contribution in [2.45, 2.75) is 45.4 Å². The number of hydrogen-bond acceptors (Lipinski definition) is 5. The highest BCUT2D eigenvalue weighted by Crippen LogP contribution is 2.40. The SMILES string of the molecule is CC(C)CNCC1CCCN(c2nc(C3CC3)ns2)C1. The van der Waals surface area contributed by atoms with E-state index in [4.69, 9.17) is 4.98 Å². The minimum Gasteiger partial charge on any atom is -0.347 e. The summed E-state index contributed by atoms with van der Waals surface area (Å²) in [6, 6.07) is 0. The number of hydrogen-bond donors (Lipinski definition) is 1. The normalized spacial score (nSPS) is 23.6. The molecule has 1 aromatic rings. The Morgan fingerprint density at radius 1 is 1.35 bits per heavy atom. The van der Waals surface area contributed by atoms with Crippen LogP contribution < -0.4 is 10.2 Å². The van der Waals surface area contributed by atoms with Crippen LogP contribution >= 0.6 is 11.5 Å². The van der Waals surface area contributed by atoms with E-state index in [0.29, 0.717) is 5.92 Å². The summed E-state index contributed by atoms with van der Waals surface area (Å²) in [7, 11) is 0. The van der Waals surface area contributed by atoms with E-state index in [2.05, 4.69) is 28.4 Å². The topological polar surface area (TPSA) is 41.0 Å². The zero-order chi connectivity index (χ0) is 13.9. The lowest BCUT2D eigenvalue weighted by Crippen LogP contribution is -2.40. The molecule has 5 heteroatoms. The van der Waals surface area contributed by atoms with Crippen LogP contribution in [0.4, 0.5) is 5.13 Å². The van der Waals surface area contributed by atoms with Gasteiger partial charge in [0.05, 0.1) is 0 Å². The van der Waals surface area contributed by atoms with Crippen molar-refractivity contribution in [3.05, 3.63) is 5.82 Å². The molecule has 0 radical (unpaired) electrons. The Hall–Kier alpha value is -0.680. The molecule has 2 fully saturated rings. The summed E-state index contributed by atoms with van der Waals surface area (Å²) < 4.78 is 4.54. The van der Waals surface area contributed by atoms with Crippen LogP contribution in [0.15, 0.2) is 0 Å². The van der Waals surface area contributed by atoms with Gasteiger partial charge in [0.25, 0.3) is 0 Å². The summed E-state index contributed by atoms with van der Waals surface area (Å²) in [5, 5.41) is 4.75. The van der Waals surface area contributed by atoms with Gasteiger partial charge in [-0.1, -0.05) is 13.8 Å². The van der Waals surface area contributed by atoms with Crippen molar-refractivity contribution in [2.75, 3.05) is 31.1 Å². The summed E-state index contributed by atoms with van der Waals surface area (Å²) in [5.74, 6) is 3.27. The van der Waals surface area contributed by atoms with Gasteiger partial charge in [0.2, 0.25) is 5.13 Å². The van der Waals surface area contributed by atoms with E-state index in [-0.39, 0.29) is 0 Å². The molecular formula is C15H26N4S. The molecule has 1 saturated heterocycles. The summed E-state index contributed by atoms with van der Waals surface area (Å²) in [6.07, 6.45) is 5.21. The number of aromatic nitrogens is 2. The van der Waals surface area contributed by atoms with E-state index in [9.17, 15) is 0 Å². The van der Waals surface area contributed by atoms with Crippen molar-refractivity contribution in [1.29, 1.82) is 0 Å². The highest BCUT2D eigenvalue weighted by molar-refractivity contribution is 7.09. The first-order valence-electron chi connectivity index (χ1n) is 8.01. The Kier molecular flexibility index (Phi) is 4.56. The zero-order valence-electron chi connectivity index (χ0n) is 12.6. The fraction of sp³-hybridized carbons (Fsp3) is 0.867. The van der Waals surface area contributed by atoms with Gasteiger partial charge in [-0.3, -0.25) is 0 Å². The molecule has 2 heterocycles. The van der Waals surface area contributed by atoms with Crippen LogP contribution in [-0.4, -0.2) is 35.5 Å². The van der Waals surface area contributed by atoms with Crippen molar-refractivity contribution in [3.8, 4) is 0 Å². The second-order valence-electron chi connectivity index (χ2n) is 6.72. The predicted octanol–water partition coefficient (Wildman–Crippen LogP) is 2.88. The first-order chi connectivity index (χ1) is 9.72. The van der Waals surface area contributed by atoms with Crippen LogP contribution in [0.5, 0.6) is 0 Å². The van der Waals surface area contributed by atoms with Crippen molar-refractivity contribution in [1.82, 2.24) is 14.7 Å². The highest BCUT2D eigenvalue weighted by atomic mass is 32.1. The third-order valence-corrected chi connectivity index (χ3v) is 4.94. The van der Waals surface area contributed by atoms with Gasteiger partial charge in [0.1, 0.15) is 5.82 Å².